The number of halogens is 4. The highest BCUT2D eigenvalue weighted by Crippen LogP contribution is 2.36. The molecular formula is C14H13ClF3NO4S. The van der Waals surface area contributed by atoms with Gasteiger partial charge in [0, 0.05) is 12.1 Å². The number of methoxy groups -OCH3 is 1. The van der Waals surface area contributed by atoms with Crippen molar-refractivity contribution in [1.29, 1.82) is 0 Å². The smallest absolute Gasteiger partial charge is 0.417 e. The minimum Gasteiger partial charge on any atom is -0.468 e. The second-order valence-corrected chi connectivity index (χ2v) is 6.90. The maximum Gasteiger partial charge on any atom is 0.417 e. The molecule has 0 aliphatic heterocycles. The van der Waals surface area contributed by atoms with Gasteiger partial charge in [-0.15, -0.1) is 0 Å². The van der Waals surface area contributed by atoms with Crippen molar-refractivity contribution in [1.82, 2.24) is 4.72 Å². The molecule has 0 saturated heterocycles. The van der Waals surface area contributed by atoms with Gasteiger partial charge in [0.25, 0.3) is 0 Å². The molecule has 1 N–H and O–H groups in total. The first-order valence-electron chi connectivity index (χ1n) is 6.56. The summed E-state index contributed by atoms with van der Waals surface area (Å²) in [7, 11) is -3.18. The van der Waals surface area contributed by atoms with Crippen LogP contribution in [-0.4, -0.2) is 22.1 Å². The lowest BCUT2D eigenvalue weighted by atomic mass is 10.2. The van der Waals surface area contributed by atoms with Gasteiger partial charge >= 0.3 is 6.18 Å². The van der Waals surface area contributed by atoms with Gasteiger partial charge in [-0.3, -0.25) is 0 Å². The Bertz CT molecular complexity index is 791. The SMILES string of the molecule is COCC(NS(=O)(=O)c1ccc(Cl)cc1C(F)(F)F)c1ccco1. The number of furan rings is 1. The van der Waals surface area contributed by atoms with Crippen LogP contribution in [0.25, 0.3) is 0 Å². The topological polar surface area (TPSA) is 68.5 Å². The fourth-order valence-electron chi connectivity index (χ4n) is 2.04. The summed E-state index contributed by atoms with van der Waals surface area (Å²) in [6, 6.07) is 4.47. The van der Waals surface area contributed by atoms with E-state index in [1.807, 2.05) is 0 Å². The van der Waals surface area contributed by atoms with Crippen molar-refractivity contribution in [2.75, 3.05) is 13.7 Å². The van der Waals surface area contributed by atoms with Crippen LogP contribution in [0.2, 0.25) is 5.02 Å². The summed E-state index contributed by atoms with van der Waals surface area (Å²) in [5.74, 6) is 0.211. The van der Waals surface area contributed by atoms with Crippen LogP contribution >= 0.6 is 11.6 Å². The van der Waals surface area contributed by atoms with E-state index in [0.717, 1.165) is 12.1 Å². The maximum atomic E-state index is 13.1. The van der Waals surface area contributed by atoms with Gasteiger partial charge in [-0.1, -0.05) is 11.6 Å². The van der Waals surface area contributed by atoms with Crippen molar-refractivity contribution >= 4 is 21.6 Å². The number of rotatable bonds is 6. The zero-order valence-electron chi connectivity index (χ0n) is 12.3. The standard InChI is InChI=1S/C14H13ClF3NO4S/c1-22-8-11(12-3-2-6-23-12)19-24(20,21)13-5-4-9(15)7-10(13)14(16,17)18/h2-7,11,19H,8H2,1H3. The molecule has 2 rings (SSSR count). The summed E-state index contributed by atoms with van der Waals surface area (Å²) in [5.41, 5.74) is -1.35. The summed E-state index contributed by atoms with van der Waals surface area (Å²) in [6.07, 6.45) is -3.56. The molecule has 0 bridgehead atoms. The molecule has 1 unspecified atom stereocenters. The molecule has 0 fully saturated rings. The summed E-state index contributed by atoms with van der Waals surface area (Å²) < 4.78 is 76.4. The van der Waals surface area contributed by atoms with Crippen LogP contribution in [0.1, 0.15) is 17.4 Å². The molecule has 132 valence electrons. The van der Waals surface area contributed by atoms with Crippen LogP contribution in [-0.2, 0) is 20.9 Å². The van der Waals surface area contributed by atoms with E-state index in [9.17, 15) is 21.6 Å². The highest BCUT2D eigenvalue weighted by molar-refractivity contribution is 7.89. The lowest BCUT2D eigenvalue weighted by Gasteiger charge is -2.18. The zero-order chi connectivity index (χ0) is 18.0. The Morgan fingerprint density at radius 2 is 2.04 bits per heavy atom. The molecule has 5 nitrogen and oxygen atoms in total. The Morgan fingerprint density at radius 1 is 1.33 bits per heavy atom. The van der Waals surface area contributed by atoms with Gasteiger partial charge in [0.1, 0.15) is 11.8 Å². The third-order valence-electron chi connectivity index (χ3n) is 3.05. The fraction of sp³-hybridized carbons (Fsp3) is 0.286. The van der Waals surface area contributed by atoms with Gasteiger partial charge in [0.15, 0.2) is 0 Å². The van der Waals surface area contributed by atoms with Crippen LogP contribution in [0.15, 0.2) is 45.9 Å². The maximum absolute atomic E-state index is 13.1. The minimum absolute atomic E-state index is 0.123. The first-order valence-corrected chi connectivity index (χ1v) is 8.42. The quantitative estimate of drug-likeness (QED) is 0.827. The predicted molar refractivity (Wildman–Crippen MR) is 80.1 cm³/mol. The Labute approximate surface area is 141 Å². The molecular weight excluding hydrogens is 371 g/mol. The molecule has 0 amide bonds. The zero-order valence-corrected chi connectivity index (χ0v) is 13.9. The second kappa shape index (κ2) is 7.14. The normalized spacial score (nSPS) is 13.9. The molecule has 1 aromatic heterocycles. The number of nitrogens with one attached hydrogen (secondary N) is 1. The van der Waals surface area contributed by atoms with E-state index in [1.54, 1.807) is 0 Å². The average molecular weight is 384 g/mol. The minimum atomic E-state index is -4.88. The molecule has 24 heavy (non-hydrogen) atoms. The predicted octanol–water partition coefficient (Wildman–Crippen LogP) is 3.62. The lowest BCUT2D eigenvalue weighted by Crippen LogP contribution is -2.32. The van der Waals surface area contributed by atoms with Crippen molar-refractivity contribution in [3.63, 3.8) is 0 Å². The molecule has 1 heterocycles. The van der Waals surface area contributed by atoms with E-state index in [1.165, 1.54) is 25.5 Å². The van der Waals surface area contributed by atoms with E-state index in [4.69, 9.17) is 20.8 Å². The lowest BCUT2D eigenvalue weighted by molar-refractivity contribution is -0.139. The Morgan fingerprint density at radius 3 is 2.58 bits per heavy atom. The molecule has 0 radical (unpaired) electrons. The van der Waals surface area contributed by atoms with Gasteiger partial charge in [0.05, 0.1) is 23.3 Å². The van der Waals surface area contributed by atoms with Crippen molar-refractivity contribution in [3.05, 3.63) is 52.9 Å². The summed E-state index contributed by atoms with van der Waals surface area (Å²) in [6.45, 7) is -0.123. The van der Waals surface area contributed by atoms with E-state index in [-0.39, 0.29) is 17.4 Å². The van der Waals surface area contributed by atoms with Gasteiger partial charge < -0.3 is 9.15 Å². The van der Waals surface area contributed by atoms with E-state index in [0.29, 0.717) is 6.07 Å². The van der Waals surface area contributed by atoms with Crippen molar-refractivity contribution in [2.24, 2.45) is 0 Å². The number of hydrogen-bond acceptors (Lipinski definition) is 4. The summed E-state index contributed by atoms with van der Waals surface area (Å²) in [4.78, 5) is -0.924. The number of hydrogen-bond donors (Lipinski definition) is 1. The molecule has 0 aliphatic carbocycles. The molecule has 1 aromatic carbocycles. The Hall–Kier alpha value is -1.55. The van der Waals surface area contributed by atoms with E-state index in [2.05, 4.69) is 4.72 Å². The molecule has 0 aliphatic rings. The van der Waals surface area contributed by atoms with Gasteiger partial charge in [-0.05, 0) is 30.3 Å². The molecule has 0 spiro atoms. The highest BCUT2D eigenvalue weighted by Gasteiger charge is 2.38. The first-order chi connectivity index (χ1) is 11.1. The fourth-order valence-corrected chi connectivity index (χ4v) is 3.61. The third kappa shape index (κ3) is 4.29. The third-order valence-corrected chi connectivity index (χ3v) is 4.82. The molecule has 0 saturated carbocycles. The second-order valence-electron chi connectivity index (χ2n) is 4.78. The average Bonchev–Trinajstić information content (AvgIpc) is 2.99. The Kier molecular flexibility index (Phi) is 5.59. The monoisotopic (exact) mass is 383 g/mol. The van der Waals surface area contributed by atoms with E-state index < -0.39 is 32.7 Å². The van der Waals surface area contributed by atoms with Crippen molar-refractivity contribution in [2.45, 2.75) is 17.1 Å². The summed E-state index contributed by atoms with van der Waals surface area (Å²) >= 11 is 5.56. The Balaban J connectivity index is 2.43. The van der Waals surface area contributed by atoms with Gasteiger partial charge in [-0.25, -0.2) is 8.42 Å². The molecule has 1 atom stereocenters. The molecule has 10 heteroatoms. The number of sulfonamides is 1. The largest absolute Gasteiger partial charge is 0.468 e. The van der Waals surface area contributed by atoms with Crippen LogP contribution in [0.3, 0.4) is 0 Å². The molecule has 2 aromatic rings. The van der Waals surface area contributed by atoms with Gasteiger partial charge in [0.2, 0.25) is 10.0 Å². The van der Waals surface area contributed by atoms with Crippen LogP contribution in [0.5, 0.6) is 0 Å². The summed E-state index contributed by atoms with van der Waals surface area (Å²) in [5, 5.41) is -0.222. The number of benzene rings is 1. The van der Waals surface area contributed by atoms with E-state index >= 15 is 0 Å². The number of ether oxygens (including phenoxy) is 1. The van der Waals surface area contributed by atoms with Crippen LogP contribution in [0.4, 0.5) is 13.2 Å². The highest BCUT2D eigenvalue weighted by atomic mass is 35.5. The van der Waals surface area contributed by atoms with Crippen LogP contribution < -0.4 is 4.72 Å². The number of alkyl halides is 3. The van der Waals surface area contributed by atoms with Crippen LogP contribution in [0, 0.1) is 0 Å². The first kappa shape index (κ1) is 18.8. The van der Waals surface area contributed by atoms with Crippen molar-refractivity contribution in [3.8, 4) is 0 Å². The van der Waals surface area contributed by atoms with Gasteiger partial charge in [-0.2, -0.15) is 17.9 Å². The van der Waals surface area contributed by atoms with Crippen molar-refractivity contribution < 1.29 is 30.7 Å².